The Kier molecular flexibility index (Phi) is 6.99. The van der Waals surface area contributed by atoms with Gasteiger partial charge in [-0.05, 0) is 55.4 Å². The molecular formula is C25H31NO4S. The molecule has 6 heteroatoms. The van der Waals surface area contributed by atoms with E-state index in [2.05, 4.69) is 13.8 Å². The van der Waals surface area contributed by atoms with Gasteiger partial charge in [0.1, 0.15) is 0 Å². The normalized spacial score (nSPS) is 15.3. The quantitative estimate of drug-likeness (QED) is 0.626. The first-order valence-corrected chi connectivity index (χ1v) is 12.7. The number of carbonyl (C=O) groups excluding carboxylic acids is 2. The molecule has 1 aliphatic rings. The lowest BCUT2D eigenvalue weighted by Crippen LogP contribution is -2.40. The largest absolute Gasteiger partial charge is 0.339 e. The van der Waals surface area contributed by atoms with E-state index < -0.39 is 9.84 Å². The van der Waals surface area contributed by atoms with Gasteiger partial charge in [-0.2, -0.15) is 0 Å². The summed E-state index contributed by atoms with van der Waals surface area (Å²) < 4.78 is 23.7. The molecule has 0 N–H and O–H groups in total. The maximum absolute atomic E-state index is 13.0. The number of piperidine rings is 1. The number of hydrogen-bond acceptors (Lipinski definition) is 4. The van der Waals surface area contributed by atoms with E-state index in [9.17, 15) is 18.0 Å². The number of carbonyl (C=O) groups is 2. The average Bonchev–Trinajstić information content (AvgIpc) is 2.72. The van der Waals surface area contributed by atoms with Crippen molar-refractivity contribution in [2.75, 3.05) is 19.3 Å². The second kappa shape index (κ2) is 9.35. The summed E-state index contributed by atoms with van der Waals surface area (Å²) in [6, 6.07) is 12.5. The van der Waals surface area contributed by atoms with Crippen molar-refractivity contribution >= 4 is 21.5 Å². The van der Waals surface area contributed by atoms with Gasteiger partial charge in [0.15, 0.2) is 15.6 Å². The summed E-state index contributed by atoms with van der Waals surface area (Å²) in [5, 5.41) is 0. The van der Waals surface area contributed by atoms with Crippen molar-refractivity contribution in [2.24, 2.45) is 11.8 Å². The molecule has 5 nitrogen and oxygen atoms in total. The van der Waals surface area contributed by atoms with Gasteiger partial charge in [0.05, 0.1) is 4.90 Å². The van der Waals surface area contributed by atoms with Crippen molar-refractivity contribution in [3.63, 3.8) is 0 Å². The van der Waals surface area contributed by atoms with E-state index in [1.807, 2.05) is 24.3 Å². The van der Waals surface area contributed by atoms with Crippen LogP contribution in [0.3, 0.4) is 0 Å². The average molecular weight is 442 g/mol. The van der Waals surface area contributed by atoms with Crippen LogP contribution in [0.25, 0.3) is 0 Å². The van der Waals surface area contributed by atoms with Crippen molar-refractivity contribution in [3.8, 4) is 0 Å². The maximum atomic E-state index is 13.0. The highest BCUT2D eigenvalue weighted by atomic mass is 32.2. The summed E-state index contributed by atoms with van der Waals surface area (Å²) in [7, 11) is -3.38. The maximum Gasteiger partial charge on any atom is 0.254 e. The highest BCUT2D eigenvalue weighted by Crippen LogP contribution is 2.25. The van der Waals surface area contributed by atoms with Gasteiger partial charge in [-0.15, -0.1) is 0 Å². The first kappa shape index (κ1) is 23.2. The Morgan fingerprint density at radius 1 is 1.03 bits per heavy atom. The SMILES string of the molecule is Cc1ccc(S(C)(=O)=O)cc1C(=O)N1CCC(C(=O)c2ccc(CC(C)C)cc2)CC1. The lowest BCUT2D eigenvalue weighted by atomic mass is 9.88. The molecular weight excluding hydrogens is 410 g/mol. The van der Waals surface area contributed by atoms with Gasteiger partial charge in [-0.3, -0.25) is 9.59 Å². The van der Waals surface area contributed by atoms with Crippen LogP contribution in [0.4, 0.5) is 0 Å². The Hall–Kier alpha value is -2.47. The van der Waals surface area contributed by atoms with Crippen molar-refractivity contribution < 1.29 is 18.0 Å². The predicted molar refractivity (Wildman–Crippen MR) is 122 cm³/mol. The highest BCUT2D eigenvalue weighted by Gasteiger charge is 2.29. The fourth-order valence-corrected chi connectivity index (χ4v) is 4.74. The minimum atomic E-state index is -3.38. The van der Waals surface area contributed by atoms with E-state index >= 15 is 0 Å². The number of aryl methyl sites for hydroxylation is 1. The lowest BCUT2D eigenvalue weighted by Gasteiger charge is -2.32. The monoisotopic (exact) mass is 441 g/mol. The molecule has 1 heterocycles. The zero-order chi connectivity index (χ0) is 22.8. The fraction of sp³-hybridized carbons (Fsp3) is 0.440. The number of ketones is 1. The van der Waals surface area contributed by atoms with Crippen LogP contribution in [0, 0.1) is 18.8 Å². The third kappa shape index (κ3) is 5.62. The summed E-state index contributed by atoms with van der Waals surface area (Å²) in [5.41, 5.74) is 3.12. The van der Waals surface area contributed by atoms with Gasteiger partial charge in [-0.25, -0.2) is 8.42 Å². The van der Waals surface area contributed by atoms with E-state index in [-0.39, 0.29) is 22.5 Å². The number of likely N-dealkylation sites (tertiary alicyclic amines) is 1. The molecule has 1 fully saturated rings. The summed E-state index contributed by atoms with van der Waals surface area (Å²) in [6.45, 7) is 7.13. The number of amides is 1. The Bertz CT molecular complexity index is 1060. The Labute approximate surface area is 185 Å². The van der Waals surface area contributed by atoms with Crippen LogP contribution in [0.5, 0.6) is 0 Å². The number of rotatable bonds is 6. The second-order valence-corrected chi connectivity index (χ2v) is 11.0. The number of hydrogen-bond donors (Lipinski definition) is 0. The van der Waals surface area contributed by atoms with Gasteiger partial charge < -0.3 is 4.90 Å². The van der Waals surface area contributed by atoms with Crippen LogP contribution >= 0.6 is 0 Å². The number of sulfone groups is 1. The minimum absolute atomic E-state index is 0.0940. The van der Waals surface area contributed by atoms with Gasteiger partial charge in [0, 0.05) is 36.4 Å². The van der Waals surface area contributed by atoms with Crippen molar-refractivity contribution in [1.82, 2.24) is 4.90 Å². The van der Waals surface area contributed by atoms with Crippen LogP contribution in [0.2, 0.25) is 0 Å². The molecule has 0 unspecified atom stereocenters. The fourth-order valence-electron chi connectivity index (χ4n) is 4.09. The van der Waals surface area contributed by atoms with E-state index in [0.717, 1.165) is 23.8 Å². The number of benzene rings is 2. The molecule has 0 aromatic heterocycles. The molecule has 0 saturated carbocycles. The van der Waals surface area contributed by atoms with Gasteiger partial charge in [0.25, 0.3) is 5.91 Å². The van der Waals surface area contributed by atoms with Crippen LogP contribution in [0.1, 0.15) is 58.5 Å². The Balaban J connectivity index is 1.65. The topological polar surface area (TPSA) is 71.5 Å². The third-order valence-corrected chi connectivity index (χ3v) is 7.01. The minimum Gasteiger partial charge on any atom is -0.339 e. The smallest absolute Gasteiger partial charge is 0.254 e. The first-order chi connectivity index (χ1) is 14.6. The van der Waals surface area contributed by atoms with E-state index in [4.69, 9.17) is 0 Å². The molecule has 0 aliphatic carbocycles. The van der Waals surface area contributed by atoms with Crippen molar-refractivity contribution in [1.29, 1.82) is 0 Å². The molecule has 166 valence electrons. The van der Waals surface area contributed by atoms with Crippen LogP contribution < -0.4 is 0 Å². The van der Waals surface area contributed by atoms with E-state index in [1.54, 1.807) is 17.9 Å². The summed E-state index contributed by atoms with van der Waals surface area (Å²) in [6.07, 6.45) is 3.36. The summed E-state index contributed by atoms with van der Waals surface area (Å²) >= 11 is 0. The lowest BCUT2D eigenvalue weighted by molar-refractivity contribution is 0.0649. The van der Waals surface area contributed by atoms with E-state index in [1.165, 1.54) is 17.7 Å². The Morgan fingerprint density at radius 2 is 1.65 bits per heavy atom. The molecule has 0 spiro atoms. The molecule has 0 radical (unpaired) electrons. The molecule has 0 bridgehead atoms. The van der Waals surface area contributed by atoms with Crippen molar-refractivity contribution in [2.45, 2.75) is 44.9 Å². The second-order valence-electron chi connectivity index (χ2n) is 8.97. The molecule has 31 heavy (non-hydrogen) atoms. The van der Waals surface area contributed by atoms with Crippen LogP contribution in [-0.4, -0.2) is 44.4 Å². The van der Waals surface area contributed by atoms with Crippen LogP contribution in [0.15, 0.2) is 47.4 Å². The van der Waals surface area contributed by atoms with Crippen LogP contribution in [-0.2, 0) is 16.3 Å². The molecule has 2 aromatic carbocycles. The van der Waals surface area contributed by atoms with Gasteiger partial charge >= 0.3 is 0 Å². The van der Waals surface area contributed by atoms with E-state index in [0.29, 0.717) is 37.4 Å². The third-order valence-electron chi connectivity index (χ3n) is 5.90. The first-order valence-electron chi connectivity index (χ1n) is 10.8. The molecule has 3 rings (SSSR count). The van der Waals surface area contributed by atoms with Crippen molar-refractivity contribution in [3.05, 3.63) is 64.7 Å². The number of nitrogens with zero attached hydrogens (tertiary/aromatic N) is 1. The standard InChI is InChI=1S/C25H31NO4S/c1-17(2)15-19-6-8-20(9-7-19)24(27)21-11-13-26(14-12-21)25(28)23-16-22(31(4,29)30)10-5-18(23)3/h5-10,16-17,21H,11-15H2,1-4H3. The molecule has 1 aliphatic heterocycles. The number of Topliss-reactive ketones (excluding diaryl/α,β-unsaturated/α-hetero) is 1. The molecule has 1 amide bonds. The molecule has 2 aromatic rings. The highest BCUT2D eigenvalue weighted by molar-refractivity contribution is 7.90. The van der Waals surface area contributed by atoms with Gasteiger partial charge in [-0.1, -0.05) is 44.2 Å². The predicted octanol–water partition coefficient (Wildman–Crippen LogP) is 4.33. The molecule has 0 atom stereocenters. The zero-order valence-electron chi connectivity index (χ0n) is 18.7. The zero-order valence-corrected chi connectivity index (χ0v) is 19.5. The summed E-state index contributed by atoms with van der Waals surface area (Å²) in [4.78, 5) is 27.8. The Morgan fingerprint density at radius 3 is 2.19 bits per heavy atom. The molecule has 1 saturated heterocycles. The summed E-state index contributed by atoms with van der Waals surface area (Å²) in [5.74, 6) is 0.444. The van der Waals surface area contributed by atoms with Gasteiger partial charge in [0.2, 0.25) is 0 Å².